The molecule has 3 rings (SSSR count). The van der Waals surface area contributed by atoms with Crippen molar-refractivity contribution in [2.45, 2.75) is 6.92 Å². The van der Waals surface area contributed by atoms with Gasteiger partial charge in [0.2, 0.25) is 0 Å². The van der Waals surface area contributed by atoms with Gasteiger partial charge in [-0.05, 0) is 25.1 Å². The summed E-state index contributed by atoms with van der Waals surface area (Å²) in [6.45, 7) is 2.01. The molecule has 0 aliphatic rings. The molecule has 0 saturated heterocycles. The minimum Gasteiger partial charge on any atom is -0.355 e. The molecule has 0 bridgehead atoms. The molecule has 0 saturated carbocycles. The van der Waals surface area contributed by atoms with Crippen LogP contribution in [-0.2, 0) is 0 Å². The van der Waals surface area contributed by atoms with E-state index in [0.29, 0.717) is 5.56 Å². The highest BCUT2D eigenvalue weighted by Crippen LogP contribution is 2.25. The number of benzene rings is 2. The first-order valence-electron chi connectivity index (χ1n) is 6.88. The van der Waals surface area contributed by atoms with Crippen molar-refractivity contribution in [1.82, 2.24) is 10.3 Å². The second-order valence-corrected chi connectivity index (χ2v) is 5.02. The van der Waals surface area contributed by atoms with Crippen molar-refractivity contribution in [3.05, 3.63) is 65.7 Å². The Balaban J connectivity index is 2.30. The van der Waals surface area contributed by atoms with Crippen LogP contribution in [0.1, 0.15) is 15.9 Å². The van der Waals surface area contributed by atoms with Gasteiger partial charge in [0.1, 0.15) is 0 Å². The normalized spacial score (nSPS) is 10.6. The molecule has 1 heterocycles. The Kier molecular flexibility index (Phi) is 3.40. The molecular formula is C18H16N2O. The fourth-order valence-corrected chi connectivity index (χ4v) is 2.42. The number of rotatable bonds is 2. The van der Waals surface area contributed by atoms with Crippen molar-refractivity contribution in [3.8, 4) is 11.3 Å². The lowest BCUT2D eigenvalue weighted by molar-refractivity contribution is 0.0964. The van der Waals surface area contributed by atoms with E-state index in [1.54, 1.807) is 7.05 Å². The average Bonchev–Trinajstić information content (AvgIpc) is 2.54. The number of pyridine rings is 1. The molecule has 1 amide bonds. The molecule has 104 valence electrons. The highest BCUT2D eigenvalue weighted by Gasteiger charge is 2.12. The molecule has 0 aliphatic heterocycles. The maximum Gasteiger partial charge on any atom is 0.251 e. The summed E-state index contributed by atoms with van der Waals surface area (Å²) < 4.78 is 0. The minimum atomic E-state index is -0.0924. The molecule has 2 aromatic carbocycles. The molecule has 0 radical (unpaired) electrons. The van der Waals surface area contributed by atoms with E-state index < -0.39 is 0 Å². The second kappa shape index (κ2) is 5.37. The number of aryl methyl sites for hydroxylation is 1. The number of nitrogens with one attached hydrogen (secondary N) is 1. The summed E-state index contributed by atoms with van der Waals surface area (Å²) in [5, 5.41) is 3.59. The Morgan fingerprint density at radius 2 is 1.81 bits per heavy atom. The molecular weight excluding hydrogens is 260 g/mol. The molecule has 0 unspecified atom stereocenters. The quantitative estimate of drug-likeness (QED) is 0.777. The van der Waals surface area contributed by atoms with Crippen molar-refractivity contribution >= 4 is 16.8 Å². The topological polar surface area (TPSA) is 42.0 Å². The lowest BCUT2D eigenvalue weighted by Crippen LogP contribution is -2.18. The Hall–Kier alpha value is -2.68. The number of amides is 1. The summed E-state index contributed by atoms with van der Waals surface area (Å²) in [4.78, 5) is 16.9. The molecule has 0 atom stereocenters. The Labute approximate surface area is 123 Å². The van der Waals surface area contributed by atoms with E-state index in [2.05, 4.69) is 10.3 Å². The van der Waals surface area contributed by atoms with Crippen LogP contribution in [0.4, 0.5) is 0 Å². The van der Waals surface area contributed by atoms with Crippen LogP contribution in [0.2, 0.25) is 0 Å². The minimum absolute atomic E-state index is 0.0924. The van der Waals surface area contributed by atoms with E-state index in [0.717, 1.165) is 27.7 Å². The molecule has 1 aromatic heterocycles. The van der Waals surface area contributed by atoms with Gasteiger partial charge in [-0.1, -0.05) is 42.0 Å². The zero-order valence-corrected chi connectivity index (χ0v) is 12.1. The molecule has 0 aliphatic carbocycles. The van der Waals surface area contributed by atoms with E-state index >= 15 is 0 Å². The number of fused-ring (bicyclic) bond motifs is 1. The zero-order chi connectivity index (χ0) is 14.8. The summed E-state index contributed by atoms with van der Waals surface area (Å²) in [5.41, 5.74) is 4.42. The maximum atomic E-state index is 12.2. The van der Waals surface area contributed by atoms with Gasteiger partial charge in [0.15, 0.2) is 0 Å². The van der Waals surface area contributed by atoms with E-state index in [1.165, 1.54) is 0 Å². The number of nitrogens with zero attached hydrogens (tertiary/aromatic N) is 1. The van der Waals surface area contributed by atoms with Gasteiger partial charge >= 0.3 is 0 Å². The lowest BCUT2D eigenvalue weighted by atomic mass is 10.0. The number of aromatic nitrogens is 1. The van der Waals surface area contributed by atoms with Gasteiger partial charge in [0.05, 0.1) is 16.8 Å². The molecule has 0 spiro atoms. The van der Waals surface area contributed by atoms with E-state index in [1.807, 2.05) is 61.5 Å². The van der Waals surface area contributed by atoms with Crippen LogP contribution in [-0.4, -0.2) is 17.9 Å². The third-order valence-electron chi connectivity index (χ3n) is 3.51. The van der Waals surface area contributed by atoms with Gasteiger partial charge in [-0.3, -0.25) is 4.79 Å². The van der Waals surface area contributed by atoms with Crippen molar-refractivity contribution in [2.24, 2.45) is 0 Å². The highest BCUT2D eigenvalue weighted by molar-refractivity contribution is 6.07. The first-order valence-corrected chi connectivity index (χ1v) is 6.88. The number of hydrogen-bond acceptors (Lipinski definition) is 2. The molecule has 0 fully saturated rings. The van der Waals surface area contributed by atoms with E-state index in [-0.39, 0.29) is 5.91 Å². The smallest absolute Gasteiger partial charge is 0.251 e. The highest BCUT2D eigenvalue weighted by atomic mass is 16.1. The van der Waals surface area contributed by atoms with Gasteiger partial charge in [-0.15, -0.1) is 0 Å². The van der Waals surface area contributed by atoms with E-state index in [9.17, 15) is 4.79 Å². The van der Waals surface area contributed by atoms with E-state index in [4.69, 9.17) is 0 Å². The van der Waals surface area contributed by atoms with Crippen LogP contribution in [0.15, 0.2) is 54.6 Å². The van der Waals surface area contributed by atoms with Gasteiger partial charge in [0, 0.05) is 18.0 Å². The summed E-state index contributed by atoms with van der Waals surface area (Å²) in [6.07, 6.45) is 0. The van der Waals surface area contributed by atoms with Crippen LogP contribution in [0.25, 0.3) is 22.2 Å². The average molecular weight is 276 g/mol. The van der Waals surface area contributed by atoms with Gasteiger partial charge in [0.25, 0.3) is 5.91 Å². The van der Waals surface area contributed by atoms with Crippen LogP contribution in [0.3, 0.4) is 0 Å². The summed E-state index contributed by atoms with van der Waals surface area (Å²) in [7, 11) is 1.65. The molecule has 3 heteroatoms. The maximum absolute atomic E-state index is 12.2. The first-order chi connectivity index (χ1) is 10.2. The third-order valence-corrected chi connectivity index (χ3v) is 3.51. The summed E-state index contributed by atoms with van der Waals surface area (Å²) in [5.74, 6) is -0.0924. The van der Waals surface area contributed by atoms with Crippen LogP contribution < -0.4 is 5.32 Å². The van der Waals surface area contributed by atoms with Gasteiger partial charge in [-0.2, -0.15) is 0 Å². The Bertz CT molecular complexity index is 810. The lowest BCUT2D eigenvalue weighted by Gasteiger charge is -2.09. The zero-order valence-electron chi connectivity index (χ0n) is 12.1. The van der Waals surface area contributed by atoms with Gasteiger partial charge in [-0.25, -0.2) is 4.98 Å². The largest absolute Gasteiger partial charge is 0.355 e. The predicted octanol–water partition coefficient (Wildman–Crippen LogP) is 3.57. The molecule has 1 N–H and O–H groups in total. The monoisotopic (exact) mass is 276 g/mol. The van der Waals surface area contributed by atoms with Crippen molar-refractivity contribution < 1.29 is 4.79 Å². The van der Waals surface area contributed by atoms with Crippen LogP contribution in [0.5, 0.6) is 0 Å². The Morgan fingerprint density at radius 1 is 1.05 bits per heavy atom. The number of carbonyl (C=O) groups is 1. The SMILES string of the molecule is CNC(=O)c1cc(-c2ccccc2)nc2ccc(C)cc12. The molecule has 3 aromatic rings. The fraction of sp³-hybridized carbons (Fsp3) is 0.111. The van der Waals surface area contributed by atoms with Gasteiger partial charge < -0.3 is 5.32 Å². The molecule has 21 heavy (non-hydrogen) atoms. The van der Waals surface area contributed by atoms with Crippen molar-refractivity contribution in [1.29, 1.82) is 0 Å². The fourth-order valence-electron chi connectivity index (χ4n) is 2.42. The standard InChI is InChI=1S/C18H16N2O/c1-12-8-9-16-14(10-12)15(18(21)19-2)11-17(20-16)13-6-4-3-5-7-13/h3-11H,1-2H3,(H,19,21). The number of hydrogen-bond donors (Lipinski definition) is 1. The second-order valence-electron chi connectivity index (χ2n) is 5.02. The third kappa shape index (κ3) is 2.50. The van der Waals surface area contributed by atoms with Crippen LogP contribution >= 0.6 is 0 Å². The van der Waals surface area contributed by atoms with Crippen molar-refractivity contribution in [3.63, 3.8) is 0 Å². The van der Waals surface area contributed by atoms with Crippen LogP contribution in [0, 0.1) is 6.92 Å². The van der Waals surface area contributed by atoms with Crippen molar-refractivity contribution in [2.75, 3.05) is 7.05 Å². The summed E-state index contributed by atoms with van der Waals surface area (Å²) in [6, 6.07) is 17.7. The number of carbonyl (C=O) groups excluding carboxylic acids is 1. The predicted molar refractivity (Wildman–Crippen MR) is 85.3 cm³/mol. The summed E-state index contributed by atoms with van der Waals surface area (Å²) >= 11 is 0. The Morgan fingerprint density at radius 3 is 2.52 bits per heavy atom. The first kappa shape index (κ1) is 13.3. The molecule has 3 nitrogen and oxygen atoms in total.